The summed E-state index contributed by atoms with van der Waals surface area (Å²) in [5.74, 6) is 0.203. The van der Waals surface area contributed by atoms with Crippen molar-refractivity contribution in [2.24, 2.45) is 0 Å². The van der Waals surface area contributed by atoms with Crippen molar-refractivity contribution < 1.29 is 13.9 Å². The highest BCUT2D eigenvalue weighted by molar-refractivity contribution is 5.92. The van der Waals surface area contributed by atoms with Gasteiger partial charge in [-0.2, -0.15) is 0 Å². The topological polar surface area (TPSA) is 68.5 Å². The molecule has 0 aliphatic heterocycles. The number of hydrogen-bond donors (Lipinski definition) is 1. The fourth-order valence-corrected chi connectivity index (χ4v) is 3.30. The summed E-state index contributed by atoms with van der Waals surface area (Å²) >= 11 is 0. The summed E-state index contributed by atoms with van der Waals surface area (Å²) in [6.07, 6.45) is 2.28. The van der Waals surface area contributed by atoms with Gasteiger partial charge in [-0.15, -0.1) is 0 Å². The van der Waals surface area contributed by atoms with Crippen LogP contribution in [0.15, 0.2) is 88.3 Å². The molecule has 1 N–H and O–H groups in total. The molecule has 0 atom stereocenters. The van der Waals surface area contributed by atoms with Crippen LogP contribution < -0.4 is 15.5 Å². The zero-order valence-electron chi connectivity index (χ0n) is 16.6. The molecule has 4 aromatic rings. The number of anilines is 1. The standard InChI is InChI=1S/C25H21NO4/c1-2-17-8-6-7-11-22(17)26-24(27)16-29-19-12-13-20-23(14-19)30-15-21(25(20)28)18-9-4-3-5-10-18/h3-15H,2,16H2,1H3,(H,26,27). The second-order valence-electron chi connectivity index (χ2n) is 6.85. The monoisotopic (exact) mass is 399 g/mol. The number of para-hydroxylation sites is 1. The van der Waals surface area contributed by atoms with Crippen LogP contribution in [0.5, 0.6) is 5.75 Å². The second-order valence-corrected chi connectivity index (χ2v) is 6.85. The number of carbonyl (C=O) groups is 1. The molecule has 0 bridgehead atoms. The number of aryl methyl sites for hydroxylation is 1. The van der Waals surface area contributed by atoms with Crippen molar-refractivity contribution in [3.05, 3.63) is 94.8 Å². The Kier molecular flexibility index (Phi) is 5.61. The van der Waals surface area contributed by atoms with E-state index in [1.165, 1.54) is 6.26 Å². The van der Waals surface area contributed by atoms with E-state index < -0.39 is 0 Å². The van der Waals surface area contributed by atoms with Crippen LogP contribution in [0.3, 0.4) is 0 Å². The van der Waals surface area contributed by atoms with E-state index >= 15 is 0 Å². The Labute approximate surface area is 173 Å². The van der Waals surface area contributed by atoms with Gasteiger partial charge in [0.05, 0.1) is 10.9 Å². The fraction of sp³-hybridized carbons (Fsp3) is 0.120. The Hall–Kier alpha value is -3.86. The Morgan fingerprint density at radius 1 is 1.00 bits per heavy atom. The molecule has 0 spiro atoms. The molecule has 0 radical (unpaired) electrons. The minimum Gasteiger partial charge on any atom is -0.484 e. The van der Waals surface area contributed by atoms with Crippen LogP contribution in [0, 0.1) is 0 Å². The maximum absolute atomic E-state index is 12.8. The highest BCUT2D eigenvalue weighted by Crippen LogP contribution is 2.23. The summed E-state index contributed by atoms with van der Waals surface area (Å²) in [7, 11) is 0. The average Bonchev–Trinajstić information content (AvgIpc) is 2.79. The van der Waals surface area contributed by atoms with E-state index in [2.05, 4.69) is 5.32 Å². The van der Waals surface area contributed by atoms with Gasteiger partial charge in [0.1, 0.15) is 17.6 Å². The first-order chi connectivity index (χ1) is 14.7. The molecule has 0 saturated carbocycles. The number of hydrogen-bond acceptors (Lipinski definition) is 4. The van der Waals surface area contributed by atoms with Gasteiger partial charge in [0.2, 0.25) is 0 Å². The Bertz CT molecular complexity index is 1240. The van der Waals surface area contributed by atoms with Crippen LogP contribution >= 0.6 is 0 Å². The number of amides is 1. The highest BCUT2D eigenvalue weighted by atomic mass is 16.5. The molecular weight excluding hydrogens is 378 g/mol. The van der Waals surface area contributed by atoms with Crippen LogP contribution in [-0.4, -0.2) is 12.5 Å². The Balaban J connectivity index is 1.49. The zero-order chi connectivity index (χ0) is 20.9. The average molecular weight is 399 g/mol. The Morgan fingerprint density at radius 2 is 1.77 bits per heavy atom. The first-order valence-electron chi connectivity index (χ1n) is 9.77. The first kappa shape index (κ1) is 19.5. The van der Waals surface area contributed by atoms with E-state index in [-0.39, 0.29) is 17.9 Å². The molecular formula is C25H21NO4. The third kappa shape index (κ3) is 4.10. The third-order valence-electron chi connectivity index (χ3n) is 4.87. The second kappa shape index (κ2) is 8.66. The lowest BCUT2D eigenvalue weighted by Gasteiger charge is -2.11. The molecule has 4 rings (SSSR count). The van der Waals surface area contributed by atoms with E-state index in [0.717, 1.165) is 23.2 Å². The van der Waals surface area contributed by atoms with E-state index in [9.17, 15) is 9.59 Å². The van der Waals surface area contributed by atoms with Crippen molar-refractivity contribution in [1.82, 2.24) is 0 Å². The van der Waals surface area contributed by atoms with Crippen LogP contribution in [0.25, 0.3) is 22.1 Å². The molecule has 150 valence electrons. The SMILES string of the molecule is CCc1ccccc1NC(=O)COc1ccc2c(=O)c(-c3ccccc3)coc2c1. The van der Waals surface area contributed by atoms with Crippen LogP contribution in [0.2, 0.25) is 0 Å². The van der Waals surface area contributed by atoms with E-state index in [1.807, 2.05) is 61.5 Å². The van der Waals surface area contributed by atoms with Gasteiger partial charge >= 0.3 is 0 Å². The van der Waals surface area contributed by atoms with Crippen LogP contribution in [0.4, 0.5) is 5.69 Å². The molecule has 0 aliphatic carbocycles. The maximum atomic E-state index is 12.8. The molecule has 0 unspecified atom stereocenters. The summed E-state index contributed by atoms with van der Waals surface area (Å²) in [6, 6.07) is 22.0. The zero-order valence-corrected chi connectivity index (χ0v) is 16.6. The lowest BCUT2D eigenvalue weighted by Crippen LogP contribution is -2.20. The fourth-order valence-electron chi connectivity index (χ4n) is 3.30. The number of carbonyl (C=O) groups excluding carboxylic acids is 1. The van der Waals surface area contributed by atoms with E-state index in [4.69, 9.17) is 9.15 Å². The summed E-state index contributed by atoms with van der Waals surface area (Å²) in [5, 5.41) is 3.33. The van der Waals surface area contributed by atoms with Crippen molar-refractivity contribution in [3.63, 3.8) is 0 Å². The summed E-state index contributed by atoms with van der Waals surface area (Å²) in [6.45, 7) is 1.89. The van der Waals surface area contributed by atoms with Gasteiger partial charge in [-0.3, -0.25) is 9.59 Å². The van der Waals surface area contributed by atoms with Gasteiger partial charge < -0.3 is 14.5 Å². The van der Waals surface area contributed by atoms with E-state index in [1.54, 1.807) is 18.2 Å². The molecule has 3 aromatic carbocycles. The van der Waals surface area contributed by atoms with Crippen molar-refractivity contribution in [2.45, 2.75) is 13.3 Å². The predicted octanol–water partition coefficient (Wildman–Crippen LogP) is 5.04. The number of ether oxygens (including phenoxy) is 1. The molecule has 5 heteroatoms. The summed E-state index contributed by atoms with van der Waals surface area (Å²) < 4.78 is 11.3. The lowest BCUT2D eigenvalue weighted by molar-refractivity contribution is -0.118. The van der Waals surface area contributed by atoms with Crippen molar-refractivity contribution >= 4 is 22.6 Å². The molecule has 1 heterocycles. The largest absolute Gasteiger partial charge is 0.484 e. The highest BCUT2D eigenvalue weighted by Gasteiger charge is 2.11. The molecule has 30 heavy (non-hydrogen) atoms. The van der Waals surface area contributed by atoms with Gasteiger partial charge in [-0.25, -0.2) is 0 Å². The van der Waals surface area contributed by atoms with Gasteiger partial charge in [-0.05, 0) is 35.7 Å². The molecule has 5 nitrogen and oxygen atoms in total. The lowest BCUT2D eigenvalue weighted by atomic mass is 10.1. The number of rotatable bonds is 6. The predicted molar refractivity (Wildman–Crippen MR) is 118 cm³/mol. The minimum atomic E-state index is -0.253. The normalized spacial score (nSPS) is 10.7. The third-order valence-corrected chi connectivity index (χ3v) is 4.87. The summed E-state index contributed by atoms with van der Waals surface area (Å²) in [5.41, 5.74) is 3.46. The number of nitrogens with one attached hydrogen (secondary N) is 1. The molecule has 1 aromatic heterocycles. The molecule has 0 saturated heterocycles. The minimum absolute atomic E-state index is 0.108. The van der Waals surface area contributed by atoms with Crippen LogP contribution in [0.1, 0.15) is 12.5 Å². The smallest absolute Gasteiger partial charge is 0.262 e. The maximum Gasteiger partial charge on any atom is 0.262 e. The van der Waals surface area contributed by atoms with E-state index in [0.29, 0.717) is 22.3 Å². The van der Waals surface area contributed by atoms with Crippen molar-refractivity contribution in [1.29, 1.82) is 0 Å². The Morgan fingerprint density at radius 3 is 2.57 bits per heavy atom. The summed E-state index contributed by atoms with van der Waals surface area (Å²) in [4.78, 5) is 25.1. The van der Waals surface area contributed by atoms with Gasteiger partial charge in [0.25, 0.3) is 5.91 Å². The first-order valence-corrected chi connectivity index (χ1v) is 9.77. The quantitative estimate of drug-likeness (QED) is 0.493. The van der Waals surface area contributed by atoms with Crippen molar-refractivity contribution in [2.75, 3.05) is 11.9 Å². The van der Waals surface area contributed by atoms with Gasteiger partial charge in [0, 0.05) is 11.8 Å². The molecule has 0 aliphatic rings. The number of benzene rings is 3. The molecule has 1 amide bonds. The van der Waals surface area contributed by atoms with Crippen molar-refractivity contribution in [3.8, 4) is 16.9 Å². The van der Waals surface area contributed by atoms with Gasteiger partial charge in [0.15, 0.2) is 12.0 Å². The number of fused-ring (bicyclic) bond motifs is 1. The van der Waals surface area contributed by atoms with Gasteiger partial charge in [-0.1, -0.05) is 55.5 Å². The molecule has 0 fully saturated rings. The van der Waals surface area contributed by atoms with Crippen LogP contribution in [-0.2, 0) is 11.2 Å².